The van der Waals surface area contributed by atoms with Crippen LogP contribution in [0.15, 0.2) is 18.2 Å². The Balaban J connectivity index is 2.37. The third kappa shape index (κ3) is 3.55. The molecule has 1 aliphatic heterocycles. The predicted octanol–water partition coefficient (Wildman–Crippen LogP) is 3.35. The van der Waals surface area contributed by atoms with Crippen molar-refractivity contribution in [2.75, 3.05) is 26.7 Å². The minimum Gasteiger partial charge on any atom is -0.319 e. The van der Waals surface area contributed by atoms with E-state index in [1.54, 1.807) is 0 Å². The van der Waals surface area contributed by atoms with E-state index in [0.717, 1.165) is 44.1 Å². The lowest BCUT2D eigenvalue weighted by atomic mass is 9.89. The van der Waals surface area contributed by atoms with Gasteiger partial charge in [-0.25, -0.2) is 8.78 Å². The van der Waals surface area contributed by atoms with E-state index in [1.807, 2.05) is 7.05 Å². The standard InChI is InChI=1S/C16H24F2N2/c1-3-20-7-5-4-6-12(11-19-2)16(20)13-8-14(17)10-15(18)9-13/h8-10,12,16,19H,3-7,11H2,1-2H3. The van der Waals surface area contributed by atoms with Crippen LogP contribution in [0.1, 0.15) is 37.8 Å². The van der Waals surface area contributed by atoms with Crippen LogP contribution >= 0.6 is 0 Å². The fraction of sp³-hybridized carbons (Fsp3) is 0.625. The summed E-state index contributed by atoms with van der Waals surface area (Å²) in [6, 6.07) is 4.03. The Kier molecular flexibility index (Phi) is 5.49. The van der Waals surface area contributed by atoms with Crippen molar-refractivity contribution in [3.8, 4) is 0 Å². The highest BCUT2D eigenvalue weighted by molar-refractivity contribution is 5.23. The van der Waals surface area contributed by atoms with Crippen molar-refractivity contribution in [2.24, 2.45) is 5.92 Å². The van der Waals surface area contributed by atoms with E-state index in [1.165, 1.54) is 18.6 Å². The van der Waals surface area contributed by atoms with Crippen LogP contribution in [0, 0.1) is 17.6 Å². The summed E-state index contributed by atoms with van der Waals surface area (Å²) in [7, 11) is 1.93. The molecule has 0 spiro atoms. The smallest absolute Gasteiger partial charge is 0.126 e. The van der Waals surface area contributed by atoms with Crippen molar-refractivity contribution < 1.29 is 8.78 Å². The number of hydrogen-bond acceptors (Lipinski definition) is 2. The molecule has 0 saturated carbocycles. The molecular formula is C16H24F2N2. The van der Waals surface area contributed by atoms with Gasteiger partial charge in [0.1, 0.15) is 11.6 Å². The van der Waals surface area contributed by atoms with Crippen molar-refractivity contribution >= 4 is 0 Å². The highest BCUT2D eigenvalue weighted by Gasteiger charge is 2.30. The Morgan fingerprint density at radius 3 is 2.50 bits per heavy atom. The van der Waals surface area contributed by atoms with Crippen LogP contribution in [0.25, 0.3) is 0 Å². The summed E-state index contributed by atoms with van der Waals surface area (Å²) in [6.45, 7) is 4.90. The Labute approximate surface area is 120 Å². The van der Waals surface area contributed by atoms with Gasteiger partial charge in [-0.05, 0) is 63.1 Å². The maximum atomic E-state index is 13.6. The first-order valence-corrected chi connectivity index (χ1v) is 7.50. The highest BCUT2D eigenvalue weighted by atomic mass is 19.1. The second kappa shape index (κ2) is 7.14. The van der Waals surface area contributed by atoms with Gasteiger partial charge in [0.2, 0.25) is 0 Å². The zero-order chi connectivity index (χ0) is 14.5. The highest BCUT2D eigenvalue weighted by Crippen LogP contribution is 2.35. The van der Waals surface area contributed by atoms with Crippen LogP contribution in [0.3, 0.4) is 0 Å². The zero-order valence-corrected chi connectivity index (χ0v) is 12.3. The number of nitrogens with zero attached hydrogens (tertiary/aromatic N) is 1. The number of rotatable bonds is 4. The van der Waals surface area contributed by atoms with Crippen molar-refractivity contribution in [1.82, 2.24) is 10.2 Å². The summed E-state index contributed by atoms with van der Waals surface area (Å²) in [5.41, 5.74) is 0.770. The van der Waals surface area contributed by atoms with Crippen LogP contribution in [-0.4, -0.2) is 31.6 Å². The Hall–Kier alpha value is -1.00. The molecule has 2 atom stereocenters. The van der Waals surface area contributed by atoms with Gasteiger partial charge in [-0.2, -0.15) is 0 Å². The lowest BCUT2D eigenvalue weighted by Gasteiger charge is -2.35. The molecule has 1 fully saturated rings. The molecule has 1 N–H and O–H groups in total. The summed E-state index contributed by atoms with van der Waals surface area (Å²) in [5.74, 6) is -0.573. The lowest BCUT2D eigenvalue weighted by molar-refractivity contribution is 0.162. The number of likely N-dealkylation sites (tertiary alicyclic amines) is 1. The molecule has 0 radical (unpaired) electrons. The summed E-state index contributed by atoms with van der Waals surface area (Å²) in [5, 5.41) is 3.22. The van der Waals surface area contributed by atoms with E-state index >= 15 is 0 Å². The monoisotopic (exact) mass is 282 g/mol. The molecule has 0 aliphatic carbocycles. The summed E-state index contributed by atoms with van der Waals surface area (Å²) in [4.78, 5) is 2.35. The average molecular weight is 282 g/mol. The van der Waals surface area contributed by atoms with Crippen molar-refractivity contribution in [3.05, 3.63) is 35.4 Å². The van der Waals surface area contributed by atoms with Crippen LogP contribution < -0.4 is 5.32 Å². The molecule has 2 unspecified atom stereocenters. The van der Waals surface area contributed by atoms with Crippen LogP contribution in [0.5, 0.6) is 0 Å². The van der Waals surface area contributed by atoms with Gasteiger partial charge >= 0.3 is 0 Å². The zero-order valence-electron chi connectivity index (χ0n) is 12.3. The first-order chi connectivity index (χ1) is 9.65. The number of halogens is 2. The second-order valence-electron chi connectivity index (χ2n) is 5.59. The van der Waals surface area contributed by atoms with Gasteiger partial charge in [0.05, 0.1) is 0 Å². The topological polar surface area (TPSA) is 15.3 Å². The second-order valence-corrected chi connectivity index (χ2v) is 5.59. The van der Waals surface area contributed by atoms with E-state index in [-0.39, 0.29) is 6.04 Å². The summed E-state index contributed by atoms with van der Waals surface area (Å²) in [6.07, 6.45) is 3.43. The molecule has 0 aromatic heterocycles. The molecule has 1 aromatic carbocycles. The summed E-state index contributed by atoms with van der Waals surface area (Å²) < 4.78 is 27.1. The quantitative estimate of drug-likeness (QED) is 0.911. The minimum atomic E-state index is -0.483. The van der Waals surface area contributed by atoms with Gasteiger partial charge < -0.3 is 5.32 Å². The molecule has 2 nitrogen and oxygen atoms in total. The molecule has 0 bridgehead atoms. The first-order valence-electron chi connectivity index (χ1n) is 7.50. The average Bonchev–Trinajstić information content (AvgIpc) is 2.60. The van der Waals surface area contributed by atoms with Gasteiger partial charge in [-0.3, -0.25) is 4.90 Å². The van der Waals surface area contributed by atoms with E-state index in [4.69, 9.17) is 0 Å². The number of hydrogen-bond donors (Lipinski definition) is 1. The number of nitrogens with one attached hydrogen (secondary N) is 1. The molecule has 112 valence electrons. The molecule has 4 heteroatoms. The van der Waals surface area contributed by atoms with Gasteiger partial charge in [0, 0.05) is 12.1 Å². The van der Waals surface area contributed by atoms with Crippen LogP contribution in [0.2, 0.25) is 0 Å². The molecule has 2 rings (SSSR count). The largest absolute Gasteiger partial charge is 0.319 e. The van der Waals surface area contributed by atoms with Gasteiger partial charge in [0.15, 0.2) is 0 Å². The van der Waals surface area contributed by atoms with E-state index in [9.17, 15) is 8.78 Å². The molecule has 1 saturated heterocycles. The number of benzene rings is 1. The predicted molar refractivity (Wildman–Crippen MR) is 77.6 cm³/mol. The molecular weight excluding hydrogens is 258 g/mol. The maximum absolute atomic E-state index is 13.6. The third-order valence-electron chi connectivity index (χ3n) is 4.21. The van der Waals surface area contributed by atoms with Gasteiger partial charge in [-0.1, -0.05) is 13.3 Å². The molecule has 1 aliphatic rings. The molecule has 1 heterocycles. The molecule has 20 heavy (non-hydrogen) atoms. The minimum absolute atomic E-state index is 0.0974. The molecule has 0 amide bonds. The fourth-order valence-corrected chi connectivity index (χ4v) is 3.38. The third-order valence-corrected chi connectivity index (χ3v) is 4.21. The van der Waals surface area contributed by atoms with Gasteiger partial charge in [0.25, 0.3) is 0 Å². The maximum Gasteiger partial charge on any atom is 0.126 e. The normalized spacial score (nSPS) is 24.6. The van der Waals surface area contributed by atoms with Crippen LogP contribution in [-0.2, 0) is 0 Å². The van der Waals surface area contributed by atoms with Crippen LogP contribution in [0.4, 0.5) is 8.78 Å². The Morgan fingerprint density at radius 2 is 1.90 bits per heavy atom. The Morgan fingerprint density at radius 1 is 1.20 bits per heavy atom. The van der Waals surface area contributed by atoms with E-state index in [2.05, 4.69) is 17.1 Å². The van der Waals surface area contributed by atoms with Crippen molar-refractivity contribution in [3.63, 3.8) is 0 Å². The Bertz CT molecular complexity index is 416. The summed E-state index contributed by atoms with van der Waals surface area (Å²) >= 11 is 0. The van der Waals surface area contributed by atoms with E-state index in [0.29, 0.717) is 5.92 Å². The lowest BCUT2D eigenvalue weighted by Crippen LogP contribution is -2.36. The first kappa shape index (κ1) is 15.4. The van der Waals surface area contributed by atoms with E-state index < -0.39 is 11.6 Å². The SMILES string of the molecule is CCN1CCCCC(CNC)C1c1cc(F)cc(F)c1. The van der Waals surface area contributed by atoms with Gasteiger partial charge in [-0.15, -0.1) is 0 Å². The van der Waals surface area contributed by atoms with Crippen molar-refractivity contribution in [2.45, 2.75) is 32.2 Å². The van der Waals surface area contributed by atoms with Crippen molar-refractivity contribution in [1.29, 1.82) is 0 Å². The fourth-order valence-electron chi connectivity index (χ4n) is 3.38. The molecule has 1 aromatic rings.